The molecule has 3 N–H and O–H groups in total. The van der Waals surface area contributed by atoms with Gasteiger partial charge in [0.15, 0.2) is 0 Å². The average Bonchev–Trinajstić information content (AvgIpc) is 3.08. The number of anilines is 1. The second-order valence-electron chi connectivity index (χ2n) is 4.90. The Balaban J connectivity index is 1.89. The van der Waals surface area contributed by atoms with E-state index in [2.05, 4.69) is 17.2 Å². The SMILES string of the molecule is CCCC1(CNc2ccc(C(N)=S)cn2)CC1. The maximum atomic E-state index is 5.53. The third-order valence-electron chi connectivity index (χ3n) is 3.43. The minimum Gasteiger partial charge on any atom is -0.389 e. The van der Waals surface area contributed by atoms with Gasteiger partial charge in [-0.15, -0.1) is 0 Å². The predicted octanol–water partition coefficient (Wildman–Crippen LogP) is 2.71. The molecule has 1 heterocycles. The molecule has 0 amide bonds. The molecular formula is C13H19N3S. The summed E-state index contributed by atoms with van der Waals surface area (Å²) in [7, 11) is 0. The van der Waals surface area contributed by atoms with Gasteiger partial charge in [0.2, 0.25) is 0 Å². The minimum atomic E-state index is 0.397. The molecule has 1 aromatic rings. The van der Waals surface area contributed by atoms with Gasteiger partial charge in [-0.1, -0.05) is 25.6 Å². The molecule has 4 heteroatoms. The third kappa shape index (κ3) is 3.16. The molecule has 1 fully saturated rings. The van der Waals surface area contributed by atoms with Crippen molar-refractivity contribution in [3.8, 4) is 0 Å². The van der Waals surface area contributed by atoms with E-state index in [0.29, 0.717) is 10.4 Å². The van der Waals surface area contributed by atoms with Crippen LogP contribution in [-0.4, -0.2) is 16.5 Å². The highest BCUT2D eigenvalue weighted by Crippen LogP contribution is 2.49. The molecule has 0 bridgehead atoms. The van der Waals surface area contributed by atoms with Gasteiger partial charge in [-0.25, -0.2) is 4.98 Å². The summed E-state index contributed by atoms with van der Waals surface area (Å²) in [6, 6.07) is 3.85. The zero-order chi connectivity index (χ0) is 12.3. The molecular weight excluding hydrogens is 230 g/mol. The zero-order valence-corrected chi connectivity index (χ0v) is 11.0. The number of hydrogen-bond donors (Lipinski definition) is 2. The number of rotatable bonds is 6. The molecule has 1 aromatic heterocycles. The number of hydrogen-bond acceptors (Lipinski definition) is 3. The molecule has 3 nitrogen and oxygen atoms in total. The molecule has 0 radical (unpaired) electrons. The van der Waals surface area contributed by atoms with Gasteiger partial charge >= 0.3 is 0 Å². The van der Waals surface area contributed by atoms with Gasteiger partial charge in [0, 0.05) is 18.3 Å². The van der Waals surface area contributed by atoms with Crippen LogP contribution in [0.5, 0.6) is 0 Å². The van der Waals surface area contributed by atoms with Crippen LogP contribution in [0.25, 0.3) is 0 Å². The molecule has 0 aliphatic heterocycles. The fourth-order valence-electron chi connectivity index (χ4n) is 2.14. The van der Waals surface area contributed by atoms with Crippen molar-refractivity contribution in [2.75, 3.05) is 11.9 Å². The van der Waals surface area contributed by atoms with Gasteiger partial charge in [-0.05, 0) is 36.8 Å². The normalized spacial score (nSPS) is 16.5. The van der Waals surface area contributed by atoms with Crippen LogP contribution < -0.4 is 11.1 Å². The van der Waals surface area contributed by atoms with Crippen LogP contribution in [0.3, 0.4) is 0 Å². The Bertz CT molecular complexity index is 396. The number of pyridine rings is 1. The van der Waals surface area contributed by atoms with Gasteiger partial charge in [-0.2, -0.15) is 0 Å². The van der Waals surface area contributed by atoms with Crippen LogP contribution >= 0.6 is 12.2 Å². The molecule has 0 atom stereocenters. The highest BCUT2D eigenvalue weighted by atomic mass is 32.1. The van der Waals surface area contributed by atoms with Crippen LogP contribution in [0.2, 0.25) is 0 Å². The van der Waals surface area contributed by atoms with Crippen LogP contribution in [0.4, 0.5) is 5.82 Å². The van der Waals surface area contributed by atoms with Gasteiger partial charge in [-0.3, -0.25) is 0 Å². The molecule has 0 unspecified atom stereocenters. The Morgan fingerprint density at radius 2 is 2.29 bits per heavy atom. The van der Waals surface area contributed by atoms with Crippen LogP contribution in [-0.2, 0) is 0 Å². The lowest BCUT2D eigenvalue weighted by Crippen LogP contribution is -2.16. The lowest BCUT2D eigenvalue weighted by atomic mass is 10.0. The van der Waals surface area contributed by atoms with Gasteiger partial charge < -0.3 is 11.1 Å². The Morgan fingerprint density at radius 1 is 1.53 bits per heavy atom. The number of nitrogens with zero attached hydrogens (tertiary/aromatic N) is 1. The summed E-state index contributed by atoms with van der Waals surface area (Å²) in [5, 5.41) is 3.40. The number of aromatic nitrogens is 1. The first-order valence-electron chi connectivity index (χ1n) is 6.15. The third-order valence-corrected chi connectivity index (χ3v) is 3.67. The van der Waals surface area contributed by atoms with E-state index in [1.165, 1.54) is 25.7 Å². The van der Waals surface area contributed by atoms with Crippen molar-refractivity contribution in [2.45, 2.75) is 32.6 Å². The van der Waals surface area contributed by atoms with E-state index in [-0.39, 0.29) is 0 Å². The summed E-state index contributed by atoms with van der Waals surface area (Å²) < 4.78 is 0. The Kier molecular flexibility index (Phi) is 3.62. The second-order valence-corrected chi connectivity index (χ2v) is 5.34. The summed E-state index contributed by atoms with van der Waals surface area (Å²) in [6.07, 6.45) is 6.99. The first-order chi connectivity index (χ1) is 8.15. The monoisotopic (exact) mass is 249 g/mol. The highest BCUT2D eigenvalue weighted by molar-refractivity contribution is 7.80. The first-order valence-corrected chi connectivity index (χ1v) is 6.56. The molecule has 92 valence electrons. The van der Waals surface area contributed by atoms with E-state index in [1.807, 2.05) is 12.1 Å². The van der Waals surface area contributed by atoms with Crippen LogP contribution in [0.1, 0.15) is 38.2 Å². The van der Waals surface area contributed by atoms with Crippen molar-refractivity contribution >= 4 is 23.0 Å². The van der Waals surface area contributed by atoms with Gasteiger partial charge in [0.25, 0.3) is 0 Å². The lowest BCUT2D eigenvalue weighted by Gasteiger charge is -2.15. The van der Waals surface area contributed by atoms with Crippen molar-refractivity contribution in [3.63, 3.8) is 0 Å². The topological polar surface area (TPSA) is 50.9 Å². The largest absolute Gasteiger partial charge is 0.389 e. The Hall–Kier alpha value is -1.16. The van der Waals surface area contributed by atoms with E-state index in [9.17, 15) is 0 Å². The van der Waals surface area contributed by atoms with E-state index < -0.39 is 0 Å². The predicted molar refractivity (Wildman–Crippen MR) is 75.2 cm³/mol. The summed E-state index contributed by atoms with van der Waals surface area (Å²) in [5.41, 5.74) is 6.89. The quantitative estimate of drug-likeness (QED) is 0.761. The van der Waals surface area contributed by atoms with Crippen LogP contribution in [0, 0.1) is 5.41 Å². The molecule has 2 rings (SSSR count). The van der Waals surface area contributed by atoms with Crippen molar-refractivity contribution < 1.29 is 0 Å². The van der Waals surface area contributed by atoms with E-state index in [1.54, 1.807) is 6.20 Å². The highest BCUT2D eigenvalue weighted by Gasteiger charge is 2.41. The smallest absolute Gasteiger partial charge is 0.125 e. The van der Waals surface area contributed by atoms with Gasteiger partial charge in [0.1, 0.15) is 10.8 Å². The Morgan fingerprint density at radius 3 is 2.76 bits per heavy atom. The molecule has 0 aromatic carbocycles. The molecule has 17 heavy (non-hydrogen) atoms. The molecule has 0 saturated heterocycles. The zero-order valence-electron chi connectivity index (χ0n) is 10.2. The molecule has 1 aliphatic carbocycles. The molecule has 1 aliphatic rings. The van der Waals surface area contributed by atoms with E-state index in [4.69, 9.17) is 18.0 Å². The second kappa shape index (κ2) is 5.00. The fraction of sp³-hybridized carbons (Fsp3) is 0.538. The lowest BCUT2D eigenvalue weighted by molar-refractivity contribution is 0.485. The number of nitrogens with two attached hydrogens (primary N) is 1. The van der Waals surface area contributed by atoms with Crippen molar-refractivity contribution in [3.05, 3.63) is 23.9 Å². The maximum absolute atomic E-state index is 5.53. The summed E-state index contributed by atoms with van der Waals surface area (Å²) >= 11 is 4.89. The summed E-state index contributed by atoms with van der Waals surface area (Å²) in [6.45, 7) is 3.27. The molecule has 0 spiro atoms. The Labute approximate surface area is 108 Å². The van der Waals surface area contributed by atoms with E-state index >= 15 is 0 Å². The summed E-state index contributed by atoms with van der Waals surface area (Å²) in [5.74, 6) is 0.910. The molecule has 1 saturated carbocycles. The van der Waals surface area contributed by atoms with Crippen molar-refractivity contribution in [1.29, 1.82) is 0 Å². The summed E-state index contributed by atoms with van der Waals surface area (Å²) in [4.78, 5) is 4.71. The standard InChI is InChI=1S/C13H19N3S/c1-2-5-13(6-7-13)9-16-11-4-3-10(8-15-11)12(14)17/h3-4,8H,2,5-7,9H2,1H3,(H2,14,17)(H,15,16). The van der Waals surface area contributed by atoms with Gasteiger partial charge in [0.05, 0.1) is 0 Å². The minimum absolute atomic E-state index is 0.397. The fourth-order valence-corrected chi connectivity index (χ4v) is 2.27. The first kappa shape index (κ1) is 12.3. The number of nitrogens with one attached hydrogen (secondary N) is 1. The average molecular weight is 249 g/mol. The van der Waals surface area contributed by atoms with Crippen LogP contribution in [0.15, 0.2) is 18.3 Å². The maximum Gasteiger partial charge on any atom is 0.125 e. The van der Waals surface area contributed by atoms with Crippen molar-refractivity contribution in [2.24, 2.45) is 11.1 Å². The van der Waals surface area contributed by atoms with E-state index in [0.717, 1.165) is 17.9 Å². The van der Waals surface area contributed by atoms with Crippen molar-refractivity contribution in [1.82, 2.24) is 4.98 Å². The number of thiocarbonyl (C=S) groups is 1.